The molecule has 0 unspecified atom stereocenters. The van der Waals surface area contributed by atoms with Crippen molar-refractivity contribution in [3.05, 3.63) is 49.6 Å². The van der Waals surface area contributed by atoms with Crippen LogP contribution in [0.3, 0.4) is 0 Å². The Morgan fingerprint density at radius 3 is 1.27 bits per heavy atom. The average Bonchev–Trinajstić information content (AvgIpc) is 2.47. The zero-order valence-electron chi connectivity index (χ0n) is 11.6. The van der Waals surface area contributed by atoms with Gasteiger partial charge in [0.25, 0.3) is 0 Å². The molecule has 0 heterocycles. The molecule has 22 heavy (non-hydrogen) atoms. The van der Waals surface area contributed by atoms with E-state index < -0.39 is 23.9 Å². The first kappa shape index (κ1) is 21.1. The summed E-state index contributed by atoms with van der Waals surface area (Å²) >= 11 is 0. The maximum Gasteiger partial charge on any atom is 0.331 e. The Hall–Kier alpha value is -3.16. The van der Waals surface area contributed by atoms with E-state index in [-0.39, 0.29) is 13.2 Å². The van der Waals surface area contributed by atoms with E-state index in [1.807, 2.05) is 0 Å². The molecule has 0 bridgehead atoms. The van der Waals surface area contributed by atoms with Crippen molar-refractivity contribution in [3.63, 3.8) is 0 Å². The van der Waals surface area contributed by atoms with Crippen LogP contribution in [0.5, 0.6) is 0 Å². The summed E-state index contributed by atoms with van der Waals surface area (Å²) in [6.07, 6.45) is 5.90. The molecule has 0 aliphatic carbocycles. The van der Waals surface area contributed by atoms with Gasteiger partial charge in [0.2, 0.25) is 0 Å². The summed E-state index contributed by atoms with van der Waals surface area (Å²) < 4.78 is 8.87. The number of hydrogen-bond donors (Lipinski definition) is 2. The van der Waals surface area contributed by atoms with E-state index in [2.05, 4.69) is 22.6 Å². The highest BCUT2D eigenvalue weighted by Gasteiger charge is 1.95. The molecule has 120 valence electrons. The molecule has 0 atom stereocenters. The van der Waals surface area contributed by atoms with Gasteiger partial charge in [0.05, 0.1) is 0 Å². The lowest BCUT2D eigenvalue weighted by molar-refractivity contribution is -0.138. The van der Waals surface area contributed by atoms with Gasteiger partial charge in [-0.25, -0.2) is 19.2 Å². The van der Waals surface area contributed by atoms with Crippen molar-refractivity contribution in [1.82, 2.24) is 0 Å². The molecule has 0 radical (unpaired) electrons. The zero-order chi connectivity index (χ0) is 17.4. The number of esters is 2. The van der Waals surface area contributed by atoms with Gasteiger partial charge >= 0.3 is 23.9 Å². The van der Waals surface area contributed by atoms with Crippen molar-refractivity contribution in [2.45, 2.75) is 0 Å². The molecule has 2 N–H and O–H groups in total. The van der Waals surface area contributed by atoms with Crippen LogP contribution in [0, 0.1) is 0 Å². The Balaban J connectivity index is 0. The van der Waals surface area contributed by atoms with Gasteiger partial charge < -0.3 is 19.7 Å². The fourth-order valence-electron chi connectivity index (χ4n) is 0.657. The van der Waals surface area contributed by atoms with Crippen molar-refractivity contribution < 1.29 is 38.9 Å². The smallest absolute Gasteiger partial charge is 0.331 e. The van der Waals surface area contributed by atoms with E-state index in [4.69, 9.17) is 10.2 Å². The summed E-state index contributed by atoms with van der Waals surface area (Å²) in [4.78, 5) is 40.7. The minimum Gasteiger partial charge on any atom is -0.478 e. The van der Waals surface area contributed by atoms with Gasteiger partial charge in [-0.3, -0.25) is 0 Å². The number of carboxylic acids is 2. The predicted octanol–water partition coefficient (Wildman–Crippen LogP) is 0.713. The van der Waals surface area contributed by atoms with E-state index in [9.17, 15) is 19.2 Å². The molecule has 0 aromatic heterocycles. The molecule has 0 aliphatic heterocycles. The number of hydrogen-bond acceptors (Lipinski definition) is 6. The van der Waals surface area contributed by atoms with E-state index >= 15 is 0 Å². The maximum atomic E-state index is 10.5. The first-order valence-corrected chi connectivity index (χ1v) is 5.70. The van der Waals surface area contributed by atoms with Crippen LogP contribution in [0.4, 0.5) is 0 Å². The fourth-order valence-corrected chi connectivity index (χ4v) is 0.657. The Bertz CT molecular complexity index is 429. The van der Waals surface area contributed by atoms with Crippen molar-refractivity contribution >= 4 is 23.9 Å². The lowest BCUT2D eigenvalue weighted by atomic mass is 10.5. The fraction of sp³-hybridized carbons (Fsp3) is 0.143. The lowest BCUT2D eigenvalue weighted by Crippen LogP contribution is -2.01. The second-order valence-corrected chi connectivity index (χ2v) is 3.18. The van der Waals surface area contributed by atoms with Crippen LogP contribution >= 0.6 is 0 Å². The van der Waals surface area contributed by atoms with E-state index in [0.717, 1.165) is 12.2 Å². The Morgan fingerprint density at radius 1 is 0.727 bits per heavy atom. The number of ether oxygens (including phenoxy) is 2. The van der Waals surface area contributed by atoms with Crippen molar-refractivity contribution in [2.24, 2.45) is 0 Å². The molecular weight excluding hydrogens is 296 g/mol. The number of carbonyl (C=O) groups excluding carboxylic acids is 2. The zero-order valence-corrected chi connectivity index (χ0v) is 11.6. The van der Waals surface area contributed by atoms with E-state index in [1.54, 1.807) is 0 Å². The topological polar surface area (TPSA) is 127 Å². The molecule has 0 amide bonds. The molecule has 0 saturated carbocycles. The molecule has 0 fully saturated rings. The normalized spacial score (nSPS) is 9.45. The van der Waals surface area contributed by atoms with Gasteiger partial charge in [-0.05, 0) is 0 Å². The maximum absolute atomic E-state index is 10.5. The average molecular weight is 312 g/mol. The van der Waals surface area contributed by atoms with Gasteiger partial charge in [-0.15, -0.1) is 0 Å². The Morgan fingerprint density at radius 2 is 1.05 bits per heavy atom. The minimum absolute atomic E-state index is 0.0861. The highest BCUT2D eigenvalue weighted by molar-refractivity contribution is 5.91. The highest BCUT2D eigenvalue weighted by Crippen LogP contribution is 1.82. The highest BCUT2D eigenvalue weighted by atomic mass is 16.5. The SMILES string of the molecule is C=CCOC(=O)/C=C/C(=O)O.C=CCOC(=O)/C=C/C(=O)O. The molecule has 8 heteroatoms. The molecular formula is C14H16O8. The van der Waals surface area contributed by atoms with Crippen LogP contribution in [-0.2, 0) is 28.7 Å². The molecule has 8 nitrogen and oxygen atoms in total. The van der Waals surface area contributed by atoms with Gasteiger partial charge in [0.1, 0.15) is 13.2 Å². The van der Waals surface area contributed by atoms with Crippen LogP contribution in [0.15, 0.2) is 49.6 Å². The quantitative estimate of drug-likeness (QED) is 0.381. The number of rotatable bonds is 8. The Kier molecular flexibility index (Phi) is 13.7. The second kappa shape index (κ2) is 14.3. The largest absolute Gasteiger partial charge is 0.478 e. The van der Waals surface area contributed by atoms with E-state index in [1.165, 1.54) is 12.2 Å². The number of aliphatic carboxylic acids is 2. The minimum atomic E-state index is -1.18. The van der Waals surface area contributed by atoms with E-state index in [0.29, 0.717) is 12.2 Å². The van der Waals surface area contributed by atoms with Crippen molar-refractivity contribution in [2.75, 3.05) is 13.2 Å². The molecule has 0 aromatic carbocycles. The summed E-state index contributed by atoms with van der Waals surface area (Å²) in [5.74, 6) is -3.74. The van der Waals surface area contributed by atoms with Crippen LogP contribution in [0.1, 0.15) is 0 Å². The summed E-state index contributed by atoms with van der Waals surface area (Å²) in [5, 5.41) is 16.1. The van der Waals surface area contributed by atoms with Gasteiger partial charge in [0, 0.05) is 24.3 Å². The third kappa shape index (κ3) is 19.2. The summed E-state index contributed by atoms with van der Waals surface area (Å²) in [5.41, 5.74) is 0. The number of carbonyl (C=O) groups is 4. The van der Waals surface area contributed by atoms with Gasteiger partial charge in [0.15, 0.2) is 0 Å². The second-order valence-electron chi connectivity index (χ2n) is 3.18. The first-order chi connectivity index (χ1) is 10.3. The molecule has 0 aliphatic rings. The summed E-state index contributed by atoms with van der Waals surface area (Å²) in [7, 11) is 0. The van der Waals surface area contributed by atoms with Gasteiger partial charge in [-0.1, -0.05) is 25.3 Å². The Labute approximate surface area is 126 Å². The standard InChI is InChI=1S/2C7H8O4/c2*1-2-5-11-7(10)4-3-6(8)9/h2*2-4H,1,5H2,(H,8,9)/b2*4-3+. The molecule has 0 spiro atoms. The first-order valence-electron chi connectivity index (χ1n) is 5.70. The van der Waals surface area contributed by atoms with Gasteiger partial charge in [-0.2, -0.15) is 0 Å². The third-order valence-electron chi connectivity index (χ3n) is 1.41. The lowest BCUT2D eigenvalue weighted by Gasteiger charge is -1.93. The molecule has 0 aromatic rings. The van der Waals surface area contributed by atoms with Crippen LogP contribution in [0.25, 0.3) is 0 Å². The summed E-state index contributed by atoms with van der Waals surface area (Å²) in [6, 6.07) is 0. The van der Waals surface area contributed by atoms with Crippen molar-refractivity contribution in [1.29, 1.82) is 0 Å². The summed E-state index contributed by atoms with van der Waals surface area (Å²) in [6.45, 7) is 6.79. The predicted molar refractivity (Wildman–Crippen MR) is 75.9 cm³/mol. The van der Waals surface area contributed by atoms with Crippen molar-refractivity contribution in [3.8, 4) is 0 Å². The molecule has 0 rings (SSSR count). The molecule has 0 saturated heterocycles. The monoisotopic (exact) mass is 312 g/mol. The third-order valence-corrected chi connectivity index (χ3v) is 1.41. The van der Waals surface area contributed by atoms with Crippen LogP contribution in [-0.4, -0.2) is 47.3 Å². The number of carboxylic acid groups (broad SMARTS) is 2. The van der Waals surface area contributed by atoms with Crippen LogP contribution < -0.4 is 0 Å². The van der Waals surface area contributed by atoms with Crippen LogP contribution in [0.2, 0.25) is 0 Å².